The van der Waals surface area contributed by atoms with E-state index in [9.17, 15) is 4.79 Å². The van der Waals surface area contributed by atoms with Crippen molar-refractivity contribution >= 4 is 33.1 Å². The number of aryl methyl sites for hydroxylation is 2. The van der Waals surface area contributed by atoms with Crippen LogP contribution in [-0.2, 0) is 0 Å². The quantitative estimate of drug-likeness (QED) is 0.379. The maximum absolute atomic E-state index is 13.6. The summed E-state index contributed by atoms with van der Waals surface area (Å²) < 4.78 is 1.84. The van der Waals surface area contributed by atoms with Crippen molar-refractivity contribution in [3.05, 3.63) is 40.2 Å². The van der Waals surface area contributed by atoms with Gasteiger partial charge >= 0.3 is 0 Å². The Balaban J connectivity index is 1.49. The second-order valence-electron chi connectivity index (χ2n) is 10.3. The number of fused-ring (bicyclic) bond motifs is 2. The van der Waals surface area contributed by atoms with E-state index in [1.54, 1.807) is 17.7 Å². The monoisotopic (exact) mass is 492 g/mol. The van der Waals surface area contributed by atoms with E-state index in [0.717, 1.165) is 70.2 Å². The van der Waals surface area contributed by atoms with Gasteiger partial charge in [-0.05, 0) is 68.3 Å². The van der Waals surface area contributed by atoms with Crippen molar-refractivity contribution in [3.8, 4) is 11.3 Å². The number of carbonyl (C=O) groups is 1. The van der Waals surface area contributed by atoms with E-state index in [2.05, 4.69) is 60.7 Å². The molecule has 4 aromatic rings. The van der Waals surface area contributed by atoms with Crippen molar-refractivity contribution in [2.24, 2.45) is 0 Å². The fraction of sp³-hybridized carbons (Fsp3) is 0.519. The van der Waals surface area contributed by atoms with Crippen LogP contribution in [0.25, 0.3) is 27.1 Å². The maximum atomic E-state index is 13.6. The van der Waals surface area contributed by atoms with E-state index < -0.39 is 0 Å². The van der Waals surface area contributed by atoms with Crippen LogP contribution < -0.4 is 0 Å². The van der Waals surface area contributed by atoms with E-state index in [4.69, 9.17) is 0 Å². The largest absolute Gasteiger partial charge is 0.346 e. The molecule has 0 bridgehead atoms. The van der Waals surface area contributed by atoms with Crippen LogP contribution in [0.2, 0.25) is 0 Å². The van der Waals surface area contributed by atoms with Crippen LogP contribution in [0.4, 0.5) is 0 Å². The Morgan fingerprint density at radius 1 is 1.29 bits per heavy atom. The van der Waals surface area contributed by atoms with E-state index in [1.165, 1.54) is 17.4 Å². The zero-order valence-electron chi connectivity index (χ0n) is 21.7. The molecule has 1 aliphatic heterocycles. The minimum absolute atomic E-state index is 0.155. The Morgan fingerprint density at radius 3 is 2.71 bits per heavy atom. The molecule has 186 valence electrons. The Morgan fingerprint density at radius 2 is 2.03 bits per heavy atom. The van der Waals surface area contributed by atoms with Crippen molar-refractivity contribution < 1.29 is 4.79 Å². The summed E-state index contributed by atoms with van der Waals surface area (Å²) in [4.78, 5) is 28.1. The molecule has 8 heteroatoms. The molecule has 0 aromatic carbocycles. The molecule has 0 radical (unpaired) electrons. The number of nitrogens with zero attached hydrogens (tertiary/aromatic N) is 5. The van der Waals surface area contributed by atoms with Crippen LogP contribution in [0, 0.1) is 13.8 Å². The number of rotatable bonds is 6. The maximum Gasteiger partial charge on any atom is 0.264 e. The Bertz CT molecular complexity index is 1370. The molecule has 0 spiro atoms. The number of thiophene rings is 1. The van der Waals surface area contributed by atoms with Crippen LogP contribution in [0.15, 0.2) is 18.6 Å². The topological polar surface area (TPSA) is 69.5 Å². The van der Waals surface area contributed by atoms with Gasteiger partial charge < -0.3 is 14.8 Å². The first kappa shape index (κ1) is 24.0. The summed E-state index contributed by atoms with van der Waals surface area (Å²) in [5, 5.41) is 5.56. The molecular weight excluding hydrogens is 456 g/mol. The standard InChI is InChI=1S/C27H36N6OS/c1-7-10-32-11-8-20(9-12-32)31(6)27(34)24-18(5)22-21(16(2)3)23(30-26(22)35-24)19-13-17(4)25-28-15-29-33(25)14-19/h13-16,20,30H,7-12H2,1-6H3. The minimum atomic E-state index is 0.155. The Kier molecular flexibility index (Phi) is 6.44. The fourth-order valence-electron chi connectivity index (χ4n) is 5.64. The third-order valence-corrected chi connectivity index (χ3v) is 8.70. The summed E-state index contributed by atoms with van der Waals surface area (Å²) >= 11 is 1.60. The minimum Gasteiger partial charge on any atom is -0.346 e. The molecule has 0 saturated carbocycles. The number of aromatic nitrogens is 4. The molecule has 7 nitrogen and oxygen atoms in total. The molecule has 0 unspecified atom stereocenters. The fourth-order valence-corrected chi connectivity index (χ4v) is 6.85. The predicted octanol–water partition coefficient (Wildman–Crippen LogP) is 5.63. The van der Waals surface area contributed by atoms with Gasteiger partial charge in [-0.25, -0.2) is 9.50 Å². The molecule has 1 aliphatic rings. The van der Waals surface area contributed by atoms with Crippen LogP contribution in [0.1, 0.15) is 72.3 Å². The number of pyridine rings is 1. The highest BCUT2D eigenvalue weighted by atomic mass is 32.1. The highest BCUT2D eigenvalue weighted by Crippen LogP contribution is 2.42. The predicted molar refractivity (Wildman–Crippen MR) is 144 cm³/mol. The summed E-state index contributed by atoms with van der Waals surface area (Å²) in [5.74, 6) is 0.463. The van der Waals surface area contributed by atoms with Crippen LogP contribution in [-0.4, -0.2) is 68.0 Å². The van der Waals surface area contributed by atoms with Gasteiger partial charge in [0.25, 0.3) is 5.91 Å². The Labute approximate surface area is 211 Å². The molecule has 0 aliphatic carbocycles. The average molecular weight is 493 g/mol. The van der Waals surface area contributed by atoms with Crippen molar-refractivity contribution in [1.29, 1.82) is 0 Å². The van der Waals surface area contributed by atoms with Crippen molar-refractivity contribution in [3.63, 3.8) is 0 Å². The number of amides is 1. The normalized spacial score (nSPS) is 15.6. The lowest BCUT2D eigenvalue weighted by atomic mass is 9.95. The van der Waals surface area contributed by atoms with Crippen molar-refractivity contribution in [1.82, 2.24) is 29.4 Å². The second kappa shape index (κ2) is 9.39. The number of nitrogens with one attached hydrogen (secondary N) is 1. The number of aromatic amines is 1. The molecule has 5 rings (SSSR count). The molecule has 1 N–H and O–H groups in total. The van der Waals surface area contributed by atoms with Gasteiger partial charge in [0.1, 0.15) is 11.2 Å². The number of piperidine rings is 1. The summed E-state index contributed by atoms with van der Waals surface area (Å²) in [7, 11) is 1.99. The van der Waals surface area contributed by atoms with Gasteiger partial charge in [0, 0.05) is 43.3 Å². The molecule has 4 aromatic heterocycles. The van der Waals surface area contributed by atoms with Crippen LogP contribution in [0.3, 0.4) is 0 Å². The summed E-state index contributed by atoms with van der Waals surface area (Å²) in [6.45, 7) is 14.2. The molecular formula is C27H36N6OS. The zero-order valence-corrected chi connectivity index (χ0v) is 22.5. The van der Waals surface area contributed by atoms with E-state index in [0.29, 0.717) is 12.0 Å². The van der Waals surface area contributed by atoms with Gasteiger partial charge in [-0.15, -0.1) is 11.3 Å². The smallest absolute Gasteiger partial charge is 0.264 e. The van der Waals surface area contributed by atoms with Gasteiger partial charge in [-0.1, -0.05) is 20.8 Å². The number of hydrogen-bond donors (Lipinski definition) is 1. The lowest BCUT2D eigenvalue weighted by Gasteiger charge is -2.36. The van der Waals surface area contributed by atoms with Gasteiger partial charge in [0.2, 0.25) is 0 Å². The van der Waals surface area contributed by atoms with E-state index >= 15 is 0 Å². The molecule has 5 heterocycles. The van der Waals surface area contributed by atoms with Gasteiger partial charge in [0.05, 0.1) is 10.6 Å². The zero-order chi connectivity index (χ0) is 24.9. The molecule has 0 atom stereocenters. The second-order valence-corrected chi connectivity index (χ2v) is 11.3. The number of carbonyl (C=O) groups excluding carboxylic acids is 1. The van der Waals surface area contributed by atoms with E-state index in [-0.39, 0.29) is 5.91 Å². The lowest BCUT2D eigenvalue weighted by molar-refractivity contribution is 0.0647. The highest BCUT2D eigenvalue weighted by molar-refractivity contribution is 7.20. The first-order valence-corrected chi connectivity index (χ1v) is 13.6. The first-order chi connectivity index (χ1) is 16.8. The summed E-state index contributed by atoms with van der Waals surface area (Å²) in [6, 6.07) is 2.48. The van der Waals surface area contributed by atoms with Crippen molar-refractivity contribution in [2.45, 2.75) is 65.8 Å². The molecule has 1 saturated heterocycles. The van der Waals surface area contributed by atoms with E-state index in [1.807, 2.05) is 22.7 Å². The lowest BCUT2D eigenvalue weighted by Crippen LogP contribution is -2.45. The third kappa shape index (κ3) is 4.16. The molecule has 1 fully saturated rings. The summed E-state index contributed by atoms with van der Waals surface area (Å²) in [6.07, 6.45) is 6.92. The molecule has 1 amide bonds. The van der Waals surface area contributed by atoms with Crippen LogP contribution >= 0.6 is 11.3 Å². The number of H-pyrrole nitrogens is 1. The third-order valence-electron chi connectivity index (χ3n) is 7.51. The summed E-state index contributed by atoms with van der Waals surface area (Å²) in [5.41, 5.74) is 6.53. The Hall–Kier alpha value is -2.71. The molecule has 35 heavy (non-hydrogen) atoms. The van der Waals surface area contributed by atoms with Crippen LogP contribution in [0.5, 0.6) is 0 Å². The van der Waals surface area contributed by atoms with Crippen molar-refractivity contribution in [2.75, 3.05) is 26.7 Å². The SMILES string of the molecule is CCCN1CCC(N(C)C(=O)c2sc3[nH]c(-c4cc(C)c5ncnn5c4)c(C(C)C)c3c2C)CC1. The first-order valence-electron chi connectivity index (χ1n) is 12.7. The highest BCUT2D eigenvalue weighted by Gasteiger charge is 2.30. The van der Waals surface area contributed by atoms with Gasteiger partial charge in [-0.2, -0.15) is 5.10 Å². The van der Waals surface area contributed by atoms with Gasteiger partial charge in [0.15, 0.2) is 5.65 Å². The number of likely N-dealkylation sites (tertiary alicyclic amines) is 1. The number of hydrogen-bond acceptors (Lipinski definition) is 5. The average Bonchev–Trinajstić information content (AvgIpc) is 3.54. The van der Waals surface area contributed by atoms with Gasteiger partial charge in [-0.3, -0.25) is 4.79 Å².